The molecule has 0 unspecified atom stereocenters. The van der Waals surface area contributed by atoms with Crippen molar-refractivity contribution < 1.29 is 4.39 Å². The Bertz CT molecular complexity index is 538. The van der Waals surface area contributed by atoms with E-state index in [0.29, 0.717) is 11.3 Å². The lowest BCUT2D eigenvalue weighted by molar-refractivity contribution is 0.622. The summed E-state index contributed by atoms with van der Waals surface area (Å²) in [6.45, 7) is 1.87. The van der Waals surface area contributed by atoms with Gasteiger partial charge in [-0.05, 0) is 13.0 Å². The van der Waals surface area contributed by atoms with Crippen LogP contribution in [0.5, 0.6) is 0 Å². The number of anilines is 1. The van der Waals surface area contributed by atoms with Gasteiger partial charge in [0.2, 0.25) is 0 Å². The topological polar surface area (TPSA) is 56.7 Å². The number of nitrogen functional groups attached to an aromatic ring is 1. The second-order valence-corrected chi connectivity index (χ2v) is 4.64. The number of hydrogen-bond donors (Lipinski definition) is 1. The Labute approximate surface area is 103 Å². The molecule has 0 amide bonds. The molecule has 0 atom stereocenters. The van der Waals surface area contributed by atoms with Crippen LogP contribution in [0, 0.1) is 12.7 Å². The Morgan fingerprint density at radius 2 is 2.18 bits per heavy atom. The van der Waals surface area contributed by atoms with Gasteiger partial charge in [-0.3, -0.25) is 0 Å². The molecule has 0 saturated heterocycles. The highest BCUT2D eigenvalue weighted by atomic mass is 32.2. The molecular formula is C11H13FN4S. The van der Waals surface area contributed by atoms with Crippen molar-refractivity contribution in [3.8, 4) is 0 Å². The van der Waals surface area contributed by atoms with E-state index in [2.05, 4.69) is 10.2 Å². The maximum atomic E-state index is 13.6. The maximum Gasteiger partial charge on any atom is 0.191 e. The lowest BCUT2D eigenvalue weighted by Gasteiger charge is -2.05. The van der Waals surface area contributed by atoms with Gasteiger partial charge < -0.3 is 10.3 Å². The molecule has 17 heavy (non-hydrogen) atoms. The first-order chi connectivity index (χ1) is 8.09. The van der Waals surface area contributed by atoms with Crippen molar-refractivity contribution >= 4 is 17.4 Å². The minimum Gasteiger partial charge on any atom is -0.396 e. The van der Waals surface area contributed by atoms with Gasteiger partial charge in [-0.15, -0.1) is 10.2 Å². The molecule has 2 rings (SSSR count). The molecule has 0 saturated carbocycles. The first-order valence-electron chi connectivity index (χ1n) is 5.11. The van der Waals surface area contributed by atoms with E-state index in [9.17, 15) is 4.39 Å². The maximum absolute atomic E-state index is 13.6. The van der Waals surface area contributed by atoms with Crippen LogP contribution in [-0.4, -0.2) is 14.8 Å². The molecule has 0 bridgehead atoms. The summed E-state index contributed by atoms with van der Waals surface area (Å²) in [5.41, 5.74) is 6.26. The number of nitrogens with zero attached hydrogens (tertiary/aromatic N) is 3. The molecule has 1 aromatic heterocycles. The van der Waals surface area contributed by atoms with E-state index < -0.39 is 0 Å². The SMILES string of the molecule is Cc1nnc(SCc2cccc(N)c2F)n1C. The summed E-state index contributed by atoms with van der Waals surface area (Å²) in [7, 11) is 1.88. The average molecular weight is 252 g/mol. The number of rotatable bonds is 3. The van der Waals surface area contributed by atoms with Crippen molar-refractivity contribution in [3.05, 3.63) is 35.4 Å². The van der Waals surface area contributed by atoms with Crippen LogP contribution < -0.4 is 5.73 Å². The van der Waals surface area contributed by atoms with Crippen molar-refractivity contribution in [2.45, 2.75) is 17.8 Å². The lowest BCUT2D eigenvalue weighted by Crippen LogP contribution is -1.97. The summed E-state index contributed by atoms with van der Waals surface area (Å²) in [6.07, 6.45) is 0. The third-order valence-electron chi connectivity index (χ3n) is 2.52. The number of nitrogens with two attached hydrogens (primary N) is 1. The summed E-state index contributed by atoms with van der Waals surface area (Å²) in [4.78, 5) is 0. The third kappa shape index (κ3) is 2.41. The molecule has 0 aliphatic carbocycles. The molecule has 0 fully saturated rings. The summed E-state index contributed by atoms with van der Waals surface area (Å²) >= 11 is 1.44. The molecule has 0 aliphatic rings. The molecule has 90 valence electrons. The van der Waals surface area contributed by atoms with Crippen molar-refractivity contribution in [2.75, 3.05) is 5.73 Å². The molecule has 0 aliphatic heterocycles. The smallest absolute Gasteiger partial charge is 0.191 e. The first kappa shape index (κ1) is 11.9. The molecule has 0 radical (unpaired) electrons. The third-order valence-corrected chi connectivity index (χ3v) is 3.59. The molecule has 4 nitrogen and oxygen atoms in total. The molecule has 1 aromatic carbocycles. The molecule has 0 spiro atoms. The predicted molar refractivity (Wildman–Crippen MR) is 66.1 cm³/mol. The van der Waals surface area contributed by atoms with E-state index in [-0.39, 0.29) is 11.5 Å². The molecule has 2 aromatic rings. The largest absolute Gasteiger partial charge is 0.396 e. The molecular weight excluding hydrogens is 239 g/mol. The van der Waals surface area contributed by atoms with Crippen LogP contribution in [0.25, 0.3) is 0 Å². The fraction of sp³-hybridized carbons (Fsp3) is 0.273. The fourth-order valence-electron chi connectivity index (χ4n) is 1.37. The number of benzene rings is 1. The number of halogens is 1. The fourth-order valence-corrected chi connectivity index (χ4v) is 2.30. The van der Waals surface area contributed by atoms with Crippen LogP contribution >= 0.6 is 11.8 Å². The summed E-state index contributed by atoms with van der Waals surface area (Å²) in [5, 5.41) is 8.71. The Morgan fingerprint density at radius 1 is 1.41 bits per heavy atom. The summed E-state index contributed by atoms with van der Waals surface area (Å²) < 4.78 is 15.5. The second kappa shape index (κ2) is 4.75. The number of thioether (sulfide) groups is 1. The number of aryl methyl sites for hydroxylation is 1. The zero-order chi connectivity index (χ0) is 12.4. The standard InChI is InChI=1S/C11H13FN4S/c1-7-14-15-11(16(7)2)17-6-8-4-3-5-9(13)10(8)12/h3-5H,6,13H2,1-2H3. The number of hydrogen-bond acceptors (Lipinski definition) is 4. The minimum absolute atomic E-state index is 0.178. The average Bonchev–Trinajstić information content (AvgIpc) is 2.62. The lowest BCUT2D eigenvalue weighted by atomic mass is 10.2. The van der Waals surface area contributed by atoms with Crippen molar-refractivity contribution in [1.82, 2.24) is 14.8 Å². The zero-order valence-electron chi connectivity index (χ0n) is 9.64. The quantitative estimate of drug-likeness (QED) is 0.671. The first-order valence-corrected chi connectivity index (χ1v) is 6.10. The Balaban J connectivity index is 2.13. The van der Waals surface area contributed by atoms with Gasteiger partial charge in [0, 0.05) is 18.4 Å². The van der Waals surface area contributed by atoms with Gasteiger partial charge in [0.1, 0.15) is 11.6 Å². The second-order valence-electron chi connectivity index (χ2n) is 3.70. The van der Waals surface area contributed by atoms with Gasteiger partial charge in [0.15, 0.2) is 5.16 Å². The Kier molecular flexibility index (Phi) is 3.33. The highest BCUT2D eigenvalue weighted by Crippen LogP contribution is 2.24. The minimum atomic E-state index is -0.348. The monoisotopic (exact) mass is 252 g/mol. The van der Waals surface area contributed by atoms with Gasteiger partial charge in [-0.25, -0.2) is 4.39 Å². The van der Waals surface area contributed by atoms with Crippen molar-refractivity contribution in [3.63, 3.8) is 0 Å². The molecule has 1 heterocycles. The van der Waals surface area contributed by atoms with Crippen LogP contribution in [-0.2, 0) is 12.8 Å². The Morgan fingerprint density at radius 3 is 2.82 bits per heavy atom. The van der Waals surface area contributed by atoms with Crippen LogP contribution in [0.2, 0.25) is 0 Å². The molecule has 2 N–H and O–H groups in total. The predicted octanol–water partition coefficient (Wildman–Crippen LogP) is 2.14. The highest BCUT2D eigenvalue weighted by Gasteiger charge is 2.09. The summed E-state index contributed by atoms with van der Waals surface area (Å²) in [5.74, 6) is 0.975. The molecule has 6 heteroatoms. The number of aromatic nitrogens is 3. The van der Waals surface area contributed by atoms with E-state index in [1.54, 1.807) is 18.2 Å². The van der Waals surface area contributed by atoms with E-state index in [1.165, 1.54) is 11.8 Å². The van der Waals surface area contributed by atoms with E-state index >= 15 is 0 Å². The van der Waals surface area contributed by atoms with Crippen LogP contribution in [0.3, 0.4) is 0 Å². The zero-order valence-corrected chi connectivity index (χ0v) is 10.5. The van der Waals surface area contributed by atoms with E-state index in [0.717, 1.165) is 11.0 Å². The van der Waals surface area contributed by atoms with Crippen LogP contribution in [0.4, 0.5) is 10.1 Å². The van der Waals surface area contributed by atoms with Crippen LogP contribution in [0.15, 0.2) is 23.4 Å². The van der Waals surface area contributed by atoms with Gasteiger partial charge in [-0.1, -0.05) is 23.9 Å². The van der Waals surface area contributed by atoms with Gasteiger partial charge in [-0.2, -0.15) is 0 Å². The van der Waals surface area contributed by atoms with Gasteiger partial charge >= 0.3 is 0 Å². The van der Waals surface area contributed by atoms with Crippen molar-refractivity contribution in [1.29, 1.82) is 0 Å². The van der Waals surface area contributed by atoms with Crippen molar-refractivity contribution in [2.24, 2.45) is 7.05 Å². The van der Waals surface area contributed by atoms with E-state index in [1.807, 2.05) is 18.5 Å². The van der Waals surface area contributed by atoms with Gasteiger partial charge in [0.25, 0.3) is 0 Å². The van der Waals surface area contributed by atoms with E-state index in [4.69, 9.17) is 5.73 Å². The normalized spacial score (nSPS) is 10.8. The Hall–Kier alpha value is -1.56. The van der Waals surface area contributed by atoms with Gasteiger partial charge in [0.05, 0.1) is 5.69 Å². The summed E-state index contributed by atoms with van der Waals surface area (Å²) in [6, 6.07) is 5.02. The van der Waals surface area contributed by atoms with Crippen LogP contribution in [0.1, 0.15) is 11.4 Å². The highest BCUT2D eigenvalue weighted by molar-refractivity contribution is 7.98.